The number of benzene rings is 1. The second kappa shape index (κ2) is 5.58. The van der Waals surface area contributed by atoms with E-state index >= 15 is 0 Å². The molecule has 19 heavy (non-hydrogen) atoms. The van der Waals surface area contributed by atoms with Gasteiger partial charge in [-0.15, -0.1) is 0 Å². The summed E-state index contributed by atoms with van der Waals surface area (Å²) in [5.41, 5.74) is 1.41. The third-order valence-corrected chi connectivity index (χ3v) is 2.94. The van der Waals surface area contributed by atoms with Crippen LogP contribution in [0.2, 0.25) is 0 Å². The molecule has 100 valence electrons. The van der Waals surface area contributed by atoms with Gasteiger partial charge in [-0.25, -0.2) is 0 Å². The van der Waals surface area contributed by atoms with Crippen LogP contribution in [0.15, 0.2) is 36.5 Å². The molecule has 2 aromatic rings. The number of rotatable bonds is 4. The van der Waals surface area contributed by atoms with E-state index in [-0.39, 0.29) is 17.5 Å². The van der Waals surface area contributed by atoms with Crippen molar-refractivity contribution in [3.63, 3.8) is 0 Å². The quantitative estimate of drug-likeness (QED) is 0.632. The summed E-state index contributed by atoms with van der Waals surface area (Å²) < 4.78 is 0. The van der Waals surface area contributed by atoms with E-state index < -0.39 is 5.75 Å². The third kappa shape index (κ3) is 2.95. The average Bonchev–Trinajstić information content (AvgIpc) is 2.45. The molecule has 0 bridgehead atoms. The van der Waals surface area contributed by atoms with Crippen LogP contribution in [0.4, 0.5) is 0 Å². The molecule has 2 rings (SSSR count). The summed E-state index contributed by atoms with van der Waals surface area (Å²) in [6.07, 6.45) is 1.72. The van der Waals surface area contributed by atoms with Crippen molar-refractivity contribution in [3.05, 3.63) is 47.8 Å². The van der Waals surface area contributed by atoms with E-state index in [0.29, 0.717) is 12.1 Å². The number of nitrogens with zero attached hydrogens (tertiary/aromatic N) is 1. The van der Waals surface area contributed by atoms with Crippen molar-refractivity contribution in [1.29, 1.82) is 0 Å². The van der Waals surface area contributed by atoms with Gasteiger partial charge in [0, 0.05) is 24.3 Å². The molecule has 5 heteroatoms. The molecule has 0 amide bonds. The fraction of sp³-hybridized carbons (Fsp3) is 0.214. The highest BCUT2D eigenvalue weighted by atomic mass is 16.3. The van der Waals surface area contributed by atoms with Crippen molar-refractivity contribution in [3.8, 4) is 17.2 Å². The smallest absolute Gasteiger partial charge is 0.200 e. The second-order valence-corrected chi connectivity index (χ2v) is 4.30. The minimum atomic E-state index is -0.496. The second-order valence-electron chi connectivity index (χ2n) is 4.30. The van der Waals surface area contributed by atoms with Crippen LogP contribution in [0.25, 0.3) is 0 Å². The molecule has 4 N–H and O–H groups in total. The van der Waals surface area contributed by atoms with Gasteiger partial charge in [0.2, 0.25) is 5.75 Å². The zero-order chi connectivity index (χ0) is 13.8. The van der Waals surface area contributed by atoms with E-state index in [1.165, 1.54) is 6.07 Å². The van der Waals surface area contributed by atoms with Crippen LogP contribution in [-0.4, -0.2) is 20.3 Å². The Labute approximate surface area is 111 Å². The molecule has 1 atom stereocenters. The molecule has 1 heterocycles. The van der Waals surface area contributed by atoms with Crippen LogP contribution in [-0.2, 0) is 6.54 Å². The fourth-order valence-corrected chi connectivity index (χ4v) is 1.75. The first kappa shape index (κ1) is 13.2. The van der Waals surface area contributed by atoms with Crippen LogP contribution in [0.1, 0.15) is 24.2 Å². The molecule has 0 saturated carbocycles. The van der Waals surface area contributed by atoms with Gasteiger partial charge >= 0.3 is 0 Å². The number of pyridine rings is 1. The van der Waals surface area contributed by atoms with E-state index in [9.17, 15) is 15.3 Å². The zero-order valence-corrected chi connectivity index (χ0v) is 10.5. The Balaban J connectivity index is 2.05. The summed E-state index contributed by atoms with van der Waals surface area (Å²) in [6.45, 7) is 2.32. The van der Waals surface area contributed by atoms with Gasteiger partial charge in [0.05, 0.1) is 5.69 Å². The summed E-state index contributed by atoms with van der Waals surface area (Å²) in [4.78, 5) is 4.23. The molecule has 0 spiro atoms. The normalized spacial score (nSPS) is 12.3. The van der Waals surface area contributed by atoms with Gasteiger partial charge in [-0.2, -0.15) is 0 Å². The van der Waals surface area contributed by atoms with Gasteiger partial charge in [-0.05, 0) is 25.1 Å². The molecule has 0 aliphatic carbocycles. The highest BCUT2D eigenvalue weighted by molar-refractivity contribution is 5.53. The lowest BCUT2D eigenvalue weighted by Gasteiger charge is -2.14. The molecule has 0 aliphatic rings. The van der Waals surface area contributed by atoms with Gasteiger partial charge < -0.3 is 20.6 Å². The van der Waals surface area contributed by atoms with Gasteiger partial charge in [0.15, 0.2) is 11.5 Å². The molecular formula is C14H16N2O3. The van der Waals surface area contributed by atoms with Crippen molar-refractivity contribution in [2.24, 2.45) is 0 Å². The van der Waals surface area contributed by atoms with Crippen LogP contribution < -0.4 is 5.32 Å². The lowest BCUT2D eigenvalue weighted by molar-refractivity contribution is 0.363. The standard InChI is InChI=1S/C14H16N2O3/c1-9(11-4-2-3-7-15-11)16-8-10-5-6-12(17)14(19)13(10)18/h2-7,9,16-19H,8H2,1H3. The minimum absolute atomic E-state index is 0.0107. The molecule has 0 fully saturated rings. The Morgan fingerprint density at radius 3 is 2.58 bits per heavy atom. The van der Waals surface area contributed by atoms with Crippen LogP contribution in [0.5, 0.6) is 17.2 Å². The summed E-state index contributed by atoms with van der Waals surface area (Å²) in [7, 11) is 0. The molecule has 5 nitrogen and oxygen atoms in total. The number of aromatic nitrogens is 1. The van der Waals surface area contributed by atoms with Crippen molar-refractivity contribution < 1.29 is 15.3 Å². The molecule has 0 radical (unpaired) electrons. The SMILES string of the molecule is CC(NCc1ccc(O)c(O)c1O)c1ccccn1. The monoisotopic (exact) mass is 260 g/mol. The van der Waals surface area contributed by atoms with Crippen molar-refractivity contribution >= 4 is 0 Å². The predicted octanol–water partition coefficient (Wildman–Crippen LogP) is 2.05. The van der Waals surface area contributed by atoms with Crippen LogP contribution in [0, 0.1) is 0 Å². The first-order valence-corrected chi connectivity index (χ1v) is 5.96. The maximum atomic E-state index is 9.70. The van der Waals surface area contributed by atoms with E-state index in [4.69, 9.17) is 0 Å². The Morgan fingerprint density at radius 2 is 1.89 bits per heavy atom. The maximum Gasteiger partial charge on any atom is 0.200 e. The largest absolute Gasteiger partial charge is 0.504 e. The first-order valence-electron chi connectivity index (χ1n) is 5.96. The molecule has 0 aliphatic heterocycles. The zero-order valence-electron chi connectivity index (χ0n) is 10.5. The number of hydrogen-bond donors (Lipinski definition) is 4. The summed E-state index contributed by atoms with van der Waals surface area (Å²) in [5, 5.41) is 31.6. The highest BCUT2D eigenvalue weighted by Crippen LogP contribution is 2.37. The molecule has 0 saturated heterocycles. The minimum Gasteiger partial charge on any atom is -0.504 e. The molecule has 1 aromatic heterocycles. The molecule has 1 aromatic carbocycles. The van der Waals surface area contributed by atoms with Crippen molar-refractivity contribution in [2.45, 2.75) is 19.5 Å². The Bertz CT molecular complexity index is 558. The number of phenols is 3. The van der Waals surface area contributed by atoms with Crippen LogP contribution in [0.3, 0.4) is 0 Å². The fourth-order valence-electron chi connectivity index (χ4n) is 1.75. The summed E-state index contributed by atoms with van der Waals surface area (Å²) in [5.74, 6) is -1.13. The number of hydrogen-bond acceptors (Lipinski definition) is 5. The first-order chi connectivity index (χ1) is 9.09. The summed E-state index contributed by atoms with van der Waals surface area (Å²) >= 11 is 0. The van der Waals surface area contributed by atoms with E-state index in [0.717, 1.165) is 5.69 Å². The Kier molecular flexibility index (Phi) is 3.87. The van der Waals surface area contributed by atoms with Crippen molar-refractivity contribution in [2.75, 3.05) is 0 Å². The van der Waals surface area contributed by atoms with Crippen LogP contribution >= 0.6 is 0 Å². The van der Waals surface area contributed by atoms with E-state index in [1.807, 2.05) is 25.1 Å². The number of phenolic OH excluding ortho intramolecular Hbond substituents is 3. The number of nitrogens with one attached hydrogen (secondary N) is 1. The molecular weight excluding hydrogens is 244 g/mol. The van der Waals surface area contributed by atoms with E-state index in [1.54, 1.807) is 12.3 Å². The molecule has 1 unspecified atom stereocenters. The maximum absolute atomic E-state index is 9.70. The Hall–Kier alpha value is -2.27. The number of aromatic hydroxyl groups is 3. The van der Waals surface area contributed by atoms with Gasteiger partial charge in [-0.1, -0.05) is 12.1 Å². The summed E-state index contributed by atoms with van der Waals surface area (Å²) in [6, 6.07) is 8.58. The van der Waals surface area contributed by atoms with Gasteiger partial charge in [-0.3, -0.25) is 4.98 Å². The van der Waals surface area contributed by atoms with Gasteiger partial charge in [0.1, 0.15) is 0 Å². The Morgan fingerprint density at radius 1 is 1.11 bits per heavy atom. The average molecular weight is 260 g/mol. The highest BCUT2D eigenvalue weighted by Gasteiger charge is 2.12. The van der Waals surface area contributed by atoms with E-state index in [2.05, 4.69) is 10.3 Å². The predicted molar refractivity (Wildman–Crippen MR) is 70.9 cm³/mol. The lowest BCUT2D eigenvalue weighted by atomic mass is 10.1. The topological polar surface area (TPSA) is 85.6 Å². The third-order valence-electron chi connectivity index (χ3n) is 2.94. The lowest BCUT2D eigenvalue weighted by Crippen LogP contribution is -2.19. The van der Waals surface area contributed by atoms with Gasteiger partial charge in [0.25, 0.3) is 0 Å². The van der Waals surface area contributed by atoms with Crippen molar-refractivity contribution in [1.82, 2.24) is 10.3 Å².